The van der Waals surface area contributed by atoms with Gasteiger partial charge in [0.05, 0.1) is 33.1 Å². The molecule has 0 aliphatic rings. The Kier molecular flexibility index (Phi) is 22.6. The molecule has 28 rings (SSSR count). The van der Waals surface area contributed by atoms with Crippen molar-refractivity contribution >= 4 is 149 Å². The van der Waals surface area contributed by atoms with Gasteiger partial charge in [-0.1, -0.05) is 376 Å². The molecule has 0 unspecified atom stereocenters. The van der Waals surface area contributed by atoms with Crippen LogP contribution in [0.15, 0.2) is 552 Å². The highest BCUT2D eigenvalue weighted by molar-refractivity contribution is 6.27. The molecule has 0 fully saturated rings. The molecule has 6 heteroatoms. The number of benzene rings is 25. The molecule has 0 atom stereocenters. The Balaban J connectivity index is 0.000000112. The molecular formula is C141H100N6. The largest absolute Gasteiger partial charge is 0.310 e. The van der Waals surface area contributed by atoms with Gasteiger partial charge in [-0.05, 0) is 324 Å². The van der Waals surface area contributed by atoms with Crippen molar-refractivity contribution in [1.29, 1.82) is 0 Å². The van der Waals surface area contributed by atoms with Gasteiger partial charge in [0.25, 0.3) is 0 Å². The van der Waals surface area contributed by atoms with Gasteiger partial charge in [0.2, 0.25) is 0 Å². The van der Waals surface area contributed by atoms with Gasteiger partial charge in [-0.3, -0.25) is 0 Å². The standard InChI is InChI=1S/C50H34N2.C46H34N2.C45H32N2/c1-3-10-35(11-4-1)37-22-28-43(29-23-37)51(44-30-24-38(25-31-44)36-12-5-2-6-13-36)46-17-7-16-42(34-46)39-26-32-45(33-27-39)52-47-18-8-14-40-20-21-41-15-9-19-48(52)50(41)49(40)47;1-31-27-32(2)29-42(28-31)47(39-23-19-34(20-24-39)33-9-4-3-5-10-33)41-14-6-13-38(30-41)35-21-25-40(26-22-35)48-43-15-7-11-36-17-18-37-12-8-16-44(48)46(37)45(36)43;1-31-16-24-38(25-17-31)46(39-26-20-33(21-27-39)32-8-3-2-4-9-32)41-13-5-12-37(30-41)34-22-28-40(29-23-34)47-42-14-6-10-35-18-19-36-11-7-15-43(47)45(36)44(35)42/h1-34H;3-30H,1-2H3;2-30H,1H3. The summed E-state index contributed by atoms with van der Waals surface area (Å²) in [5.41, 5.74) is 41.6. The van der Waals surface area contributed by atoms with Gasteiger partial charge >= 0.3 is 0 Å². The first-order valence-electron chi connectivity index (χ1n) is 50.6. The fourth-order valence-corrected chi connectivity index (χ4v) is 22.4. The zero-order valence-electron chi connectivity index (χ0n) is 81.7. The van der Waals surface area contributed by atoms with Crippen molar-refractivity contribution in [3.63, 3.8) is 0 Å². The van der Waals surface area contributed by atoms with Gasteiger partial charge in [0, 0.05) is 101 Å². The number of aromatic nitrogens is 3. The predicted molar refractivity (Wildman–Crippen MR) is 625 cm³/mol. The summed E-state index contributed by atoms with van der Waals surface area (Å²) in [4.78, 5) is 7.06. The lowest BCUT2D eigenvalue weighted by molar-refractivity contribution is 1.18. The Morgan fingerprint density at radius 1 is 0.122 bits per heavy atom. The van der Waals surface area contributed by atoms with Gasteiger partial charge in [-0.25, -0.2) is 0 Å². The summed E-state index contributed by atoms with van der Waals surface area (Å²) < 4.78 is 7.22. The van der Waals surface area contributed by atoms with Crippen LogP contribution in [0.1, 0.15) is 16.7 Å². The van der Waals surface area contributed by atoms with E-state index in [4.69, 9.17) is 0 Å². The van der Waals surface area contributed by atoms with Crippen molar-refractivity contribution in [3.05, 3.63) is 569 Å². The minimum Gasteiger partial charge on any atom is -0.310 e. The molecule has 0 radical (unpaired) electrons. The van der Waals surface area contributed by atoms with E-state index in [1.807, 2.05) is 0 Å². The molecule has 25 aromatic carbocycles. The van der Waals surface area contributed by atoms with E-state index < -0.39 is 0 Å². The first kappa shape index (κ1) is 88.1. The lowest BCUT2D eigenvalue weighted by atomic mass is 10.0. The lowest BCUT2D eigenvalue weighted by Gasteiger charge is -2.27. The van der Waals surface area contributed by atoms with Crippen LogP contribution in [0.4, 0.5) is 51.2 Å². The summed E-state index contributed by atoms with van der Waals surface area (Å²) in [7, 11) is 0. The summed E-state index contributed by atoms with van der Waals surface area (Å²) >= 11 is 0. The fraction of sp³-hybridized carbons (Fsp3) is 0.0213. The van der Waals surface area contributed by atoms with E-state index in [1.165, 1.54) is 204 Å². The van der Waals surface area contributed by atoms with Crippen LogP contribution in [0.5, 0.6) is 0 Å². The molecular weight excluding hydrogens is 1780 g/mol. The van der Waals surface area contributed by atoms with Crippen LogP contribution < -0.4 is 14.7 Å². The van der Waals surface area contributed by atoms with Gasteiger partial charge in [0.1, 0.15) is 0 Å². The van der Waals surface area contributed by atoms with Crippen molar-refractivity contribution in [2.75, 3.05) is 14.7 Å². The average Bonchev–Trinajstić information content (AvgIpc) is 1.57. The second-order valence-corrected chi connectivity index (χ2v) is 38.6. The van der Waals surface area contributed by atoms with E-state index in [0.717, 1.165) is 56.9 Å². The maximum atomic E-state index is 2.41. The molecule has 6 nitrogen and oxygen atoms in total. The Morgan fingerprint density at radius 3 is 0.551 bits per heavy atom. The molecule has 0 aliphatic heterocycles. The van der Waals surface area contributed by atoms with Gasteiger partial charge < -0.3 is 28.4 Å². The van der Waals surface area contributed by atoms with Crippen molar-refractivity contribution in [2.24, 2.45) is 0 Å². The smallest absolute Gasteiger partial charge is 0.0547 e. The molecule has 28 aromatic rings. The maximum Gasteiger partial charge on any atom is 0.0547 e. The fourth-order valence-electron chi connectivity index (χ4n) is 22.4. The second-order valence-electron chi connectivity index (χ2n) is 38.6. The van der Waals surface area contributed by atoms with Crippen LogP contribution in [0, 0.1) is 20.8 Å². The summed E-state index contributed by atoms with van der Waals surface area (Å²) in [5, 5.41) is 15.7. The lowest BCUT2D eigenvalue weighted by Crippen LogP contribution is -2.10. The highest BCUT2D eigenvalue weighted by atomic mass is 15.2. The third-order valence-electron chi connectivity index (χ3n) is 29.3. The quantitative estimate of drug-likeness (QED) is 0.0754. The third-order valence-corrected chi connectivity index (χ3v) is 29.3. The Hall–Kier alpha value is -19.1. The van der Waals surface area contributed by atoms with Crippen molar-refractivity contribution < 1.29 is 0 Å². The van der Waals surface area contributed by atoms with Gasteiger partial charge in [-0.2, -0.15) is 0 Å². The molecule has 0 N–H and O–H groups in total. The van der Waals surface area contributed by atoms with Crippen molar-refractivity contribution in [3.8, 4) is 95.0 Å². The van der Waals surface area contributed by atoms with Crippen LogP contribution >= 0.6 is 0 Å². The van der Waals surface area contributed by atoms with Gasteiger partial charge in [0.15, 0.2) is 0 Å². The molecule has 147 heavy (non-hydrogen) atoms. The summed E-state index contributed by atoms with van der Waals surface area (Å²) in [6.07, 6.45) is 0. The minimum atomic E-state index is 1.11. The first-order chi connectivity index (χ1) is 72.6. The van der Waals surface area contributed by atoms with E-state index in [1.54, 1.807) is 0 Å². The molecule has 0 bridgehead atoms. The maximum absolute atomic E-state index is 2.41. The molecule has 3 heterocycles. The molecule has 0 spiro atoms. The number of nitrogens with zero attached hydrogens (tertiary/aromatic N) is 6. The Bertz CT molecular complexity index is 9310. The zero-order chi connectivity index (χ0) is 97.9. The van der Waals surface area contributed by atoms with Crippen molar-refractivity contribution in [1.82, 2.24) is 13.7 Å². The monoisotopic (exact) mass is 1880 g/mol. The molecule has 0 saturated heterocycles. The number of hydrogen-bond donors (Lipinski definition) is 0. The number of aryl methyl sites for hydroxylation is 3. The summed E-state index contributed by atoms with van der Waals surface area (Å²) in [6.45, 7) is 6.48. The number of rotatable bonds is 19. The molecule has 0 aliphatic carbocycles. The average molecular weight is 1880 g/mol. The van der Waals surface area contributed by atoms with E-state index in [-0.39, 0.29) is 0 Å². The first-order valence-corrected chi connectivity index (χ1v) is 50.6. The highest BCUT2D eigenvalue weighted by Crippen LogP contribution is 2.48. The number of hydrogen-bond acceptors (Lipinski definition) is 3. The van der Waals surface area contributed by atoms with Crippen LogP contribution in [-0.4, -0.2) is 13.7 Å². The predicted octanol–water partition coefficient (Wildman–Crippen LogP) is 39.1. The Morgan fingerprint density at radius 2 is 0.313 bits per heavy atom. The second kappa shape index (κ2) is 37.7. The highest BCUT2D eigenvalue weighted by Gasteiger charge is 2.25. The summed E-state index contributed by atoms with van der Waals surface area (Å²) in [6, 6.07) is 200. The number of anilines is 9. The Labute approximate surface area is 855 Å². The molecule has 0 amide bonds. The van der Waals surface area contributed by atoms with E-state index in [0.29, 0.717) is 0 Å². The van der Waals surface area contributed by atoms with Crippen LogP contribution in [0.2, 0.25) is 0 Å². The molecule has 0 saturated carbocycles. The van der Waals surface area contributed by atoms with E-state index >= 15 is 0 Å². The SMILES string of the molecule is Cc1cc(C)cc(N(c2ccc(-c3ccccc3)cc2)c2cccc(-c3ccc(-n4c5cccc6ccc7cccc4c7c65)cc3)c2)c1.Cc1ccc(N(c2ccc(-c3ccccc3)cc2)c2cccc(-c3ccc(-n4c5cccc6ccc7cccc4c7c65)cc3)c2)cc1.c1ccc(-c2ccc(N(c3ccc(-c4ccccc4)cc3)c3cccc(-c4ccc(-n5c6cccc7ccc8cccc5c8c76)cc4)c3)cc2)cc1. The van der Waals surface area contributed by atoms with Crippen LogP contribution in [-0.2, 0) is 0 Å². The topological polar surface area (TPSA) is 24.5 Å². The van der Waals surface area contributed by atoms with E-state index in [9.17, 15) is 0 Å². The summed E-state index contributed by atoms with van der Waals surface area (Å²) in [5.74, 6) is 0. The molecule has 3 aromatic heterocycles. The normalized spacial score (nSPS) is 11.5. The van der Waals surface area contributed by atoms with Crippen LogP contribution in [0.3, 0.4) is 0 Å². The molecule has 694 valence electrons. The van der Waals surface area contributed by atoms with Gasteiger partial charge in [-0.15, -0.1) is 0 Å². The minimum absolute atomic E-state index is 1.11. The third kappa shape index (κ3) is 16.5. The van der Waals surface area contributed by atoms with E-state index in [2.05, 4.69) is 601 Å². The van der Waals surface area contributed by atoms with Crippen molar-refractivity contribution in [2.45, 2.75) is 20.8 Å². The van der Waals surface area contributed by atoms with Crippen LogP contribution in [0.25, 0.3) is 193 Å². The zero-order valence-corrected chi connectivity index (χ0v) is 81.7.